The van der Waals surface area contributed by atoms with Gasteiger partial charge in [-0.3, -0.25) is 20.4 Å². The lowest BCUT2D eigenvalue weighted by Gasteiger charge is -2.13. The van der Waals surface area contributed by atoms with E-state index < -0.39 is 11.8 Å². The van der Waals surface area contributed by atoms with Gasteiger partial charge in [0.15, 0.2) is 6.61 Å². The summed E-state index contributed by atoms with van der Waals surface area (Å²) in [5.74, 6) is 0.0581. The molecule has 0 aliphatic heterocycles. The molecule has 1 atom stereocenters. The van der Waals surface area contributed by atoms with Gasteiger partial charge in [0.25, 0.3) is 11.8 Å². The predicted octanol–water partition coefficient (Wildman–Crippen LogP) is 5.67. The Hall–Kier alpha value is -2.09. The Morgan fingerprint density at radius 1 is 1.21 bits per heavy atom. The van der Waals surface area contributed by atoms with Crippen LogP contribution in [0.2, 0.25) is 5.02 Å². The summed E-state index contributed by atoms with van der Waals surface area (Å²) in [7, 11) is 0. The molecule has 0 radical (unpaired) electrons. The topological polar surface area (TPSA) is 67.4 Å². The van der Waals surface area contributed by atoms with Crippen LogP contribution in [0, 0.1) is 0 Å². The first-order valence-corrected chi connectivity index (χ1v) is 11.1. The first kappa shape index (κ1) is 21.6. The van der Waals surface area contributed by atoms with Gasteiger partial charge in [0.05, 0.1) is 9.50 Å². The average Bonchev–Trinajstić information content (AvgIpc) is 3.07. The van der Waals surface area contributed by atoms with Gasteiger partial charge in [0, 0.05) is 10.1 Å². The lowest BCUT2D eigenvalue weighted by Crippen LogP contribution is -2.43. The summed E-state index contributed by atoms with van der Waals surface area (Å²) in [5, 5.41) is 1.18. The Bertz CT molecular complexity index is 1050. The minimum atomic E-state index is -0.478. The second-order valence-corrected chi connectivity index (χ2v) is 8.82. The van der Waals surface area contributed by atoms with Gasteiger partial charge in [0.1, 0.15) is 10.6 Å². The minimum absolute atomic E-state index is 0.234. The van der Waals surface area contributed by atoms with Gasteiger partial charge < -0.3 is 4.74 Å². The number of amides is 2. The van der Waals surface area contributed by atoms with E-state index in [2.05, 4.69) is 40.6 Å². The molecule has 5 nitrogen and oxygen atoms in total. The first-order valence-electron chi connectivity index (χ1n) is 9.09. The van der Waals surface area contributed by atoms with Crippen LogP contribution in [0.5, 0.6) is 5.75 Å². The molecule has 0 aliphatic rings. The third kappa shape index (κ3) is 5.10. The molecule has 0 saturated heterocycles. The van der Waals surface area contributed by atoms with Gasteiger partial charge >= 0.3 is 0 Å². The molecule has 0 spiro atoms. The van der Waals surface area contributed by atoms with Crippen molar-refractivity contribution in [3.8, 4) is 5.75 Å². The number of benzene rings is 2. The van der Waals surface area contributed by atoms with Crippen molar-refractivity contribution in [3.05, 3.63) is 62.4 Å². The van der Waals surface area contributed by atoms with Gasteiger partial charge in [-0.2, -0.15) is 0 Å². The minimum Gasteiger partial charge on any atom is -0.483 e. The normalized spacial score (nSPS) is 11.9. The molecule has 29 heavy (non-hydrogen) atoms. The molecule has 2 N–H and O–H groups in total. The molecule has 2 aromatic carbocycles. The summed E-state index contributed by atoms with van der Waals surface area (Å²) in [4.78, 5) is 24.7. The maximum atomic E-state index is 12.3. The number of hydrazine groups is 1. The van der Waals surface area contributed by atoms with Crippen molar-refractivity contribution >= 4 is 60.8 Å². The molecule has 152 valence electrons. The van der Waals surface area contributed by atoms with E-state index in [4.69, 9.17) is 16.3 Å². The second kappa shape index (κ2) is 9.61. The van der Waals surface area contributed by atoms with E-state index in [0.29, 0.717) is 21.6 Å². The third-order valence-corrected chi connectivity index (χ3v) is 6.85. The number of carbonyl (C=O) groups excluding carboxylic acids is 2. The highest BCUT2D eigenvalue weighted by Crippen LogP contribution is 2.35. The van der Waals surface area contributed by atoms with Crippen LogP contribution in [0.1, 0.15) is 41.4 Å². The van der Waals surface area contributed by atoms with Crippen molar-refractivity contribution in [1.29, 1.82) is 0 Å². The predicted molar refractivity (Wildman–Crippen MR) is 121 cm³/mol. The Morgan fingerprint density at radius 2 is 1.97 bits per heavy atom. The zero-order valence-corrected chi connectivity index (χ0v) is 19.1. The standard InChI is InChI=1S/C21H20BrClN2O3S/c1-3-12(2)13-8-9-16(15(22)10-13)28-11-18(26)24-25-21(27)20-19(23)14-6-4-5-7-17(14)29-20/h4-10,12H,3,11H2,1-2H3,(H,24,26)(H,25,27). The van der Waals surface area contributed by atoms with Gasteiger partial charge in [-0.25, -0.2) is 0 Å². The summed E-state index contributed by atoms with van der Waals surface area (Å²) in [5.41, 5.74) is 5.93. The molecule has 0 saturated carbocycles. The fourth-order valence-electron chi connectivity index (χ4n) is 2.70. The monoisotopic (exact) mass is 494 g/mol. The van der Waals surface area contributed by atoms with E-state index in [1.165, 1.54) is 16.9 Å². The highest BCUT2D eigenvalue weighted by Gasteiger charge is 2.17. The molecule has 8 heteroatoms. The SMILES string of the molecule is CCC(C)c1ccc(OCC(=O)NNC(=O)c2sc3ccccc3c2Cl)c(Br)c1. The van der Waals surface area contributed by atoms with E-state index in [1.54, 1.807) is 0 Å². The molecule has 3 rings (SSSR count). The maximum Gasteiger partial charge on any atom is 0.281 e. The second-order valence-electron chi connectivity index (χ2n) is 6.53. The van der Waals surface area contributed by atoms with Crippen molar-refractivity contribution in [2.24, 2.45) is 0 Å². The van der Waals surface area contributed by atoms with E-state index in [0.717, 1.165) is 21.0 Å². The summed E-state index contributed by atoms with van der Waals surface area (Å²) < 4.78 is 7.23. The van der Waals surface area contributed by atoms with Crippen LogP contribution in [0.15, 0.2) is 46.9 Å². The molecule has 0 fully saturated rings. The number of nitrogens with one attached hydrogen (secondary N) is 2. The lowest BCUT2D eigenvalue weighted by atomic mass is 9.99. The van der Waals surface area contributed by atoms with E-state index in [9.17, 15) is 9.59 Å². The number of thiophene rings is 1. The Balaban J connectivity index is 1.54. The van der Waals surface area contributed by atoms with Gasteiger partial charge in [-0.15, -0.1) is 11.3 Å². The highest BCUT2D eigenvalue weighted by atomic mass is 79.9. The molecule has 1 unspecified atom stereocenters. The number of hydrogen-bond donors (Lipinski definition) is 2. The molecule has 1 heterocycles. The highest BCUT2D eigenvalue weighted by molar-refractivity contribution is 9.10. The summed E-state index contributed by atoms with van der Waals surface area (Å²) >= 11 is 11.0. The Kier molecular flexibility index (Phi) is 7.16. The zero-order valence-electron chi connectivity index (χ0n) is 15.9. The van der Waals surface area contributed by atoms with E-state index in [-0.39, 0.29) is 6.61 Å². The van der Waals surface area contributed by atoms with Crippen LogP contribution in [0.25, 0.3) is 10.1 Å². The molecule has 3 aromatic rings. The zero-order chi connectivity index (χ0) is 21.0. The van der Waals surface area contributed by atoms with Crippen LogP contribution in [-0.2, 0) is 4.79 Å². The third-order valence-electron chi connectivity index (χ3n) is 4.55. The summed E-state index contributed by atoms with van der Waals surface area (Å²) in [6.45, 7) is 4.05. The van der Waals surface area contributed by atoms with Gasteiger partial charge in [-0.1, -0.05) is 49.7 Å². The maximum absolute atomic E-state index is 12.3. The van der Waals surface area contributed by atoms with Gasteiger partial charge in [-0.05, 0) is 52.0 Å². The van der Waals surface area contributed by atoms with Crippen LogP contribution < -0.4 is 15.6 Å². The molecule has 1 aromatic heterocycles. The van der Waals surface area contributed by atoms with E-state index >= 15 is 0 Å². The summed E-state index contributed by atoms with van der Waals surface area (Å²) in [6, 6.07) is 13.3. The van der Waals surface area contributed by atoms with E-state index in [1.807, 2.05) is 42.5 Å². The molecular formula is C21H20BrClN2O3S. The fraction of sp³-hybridized carbons (Fsp3) is 0.238. The number of hydrogen-bond acceptors (Lipinski definition) is 4. The lowest BCUT2D eigenvalue weighted by molar-refractivity contribution is -0.123. The Labute approximate surface area is 186 Å². The van der Waals surface area contributed by atoms with Crippen LogP contribution in [-0.4, -0.2) is 18.4 Å². The van der Waals surface area contributed by atoms with Crippen LogP contribution >= 0.6 is 38.9 Å². The molecule has 0 aliphatic carbocycles. The molecule has 0 bridgehead atoms. The largest absolute Gasteiger partial charge is 0.483 e. The van der Waals surface area contributed by atoms with Crippen molar-refractivity contribution in [3.63, 3.8) is 0 Å². The fourth-order valence-corrected chi connectivity index (χ4v) is 4.62. The molecule has 2 amide bonds. The number of ether oxygens (including phenoxy) is 1. The van der Waals surface area contributed by atoms with Crippen LogP contribution in [0.3, 0.4) is 0 Å². The average molecular weight is 496 g/mol. The number of carbonyl (C=O) groups is 2. The molecular weight excluding hydrogens is 476 g/mol. The number of rotatable bonds is 6. The van der Waals surface area contributed by atoms with Crippen molar-refractivity contribution in [2.75, 3.05) is 6.61 Å². The smallest absolute Gasteiger partial charge is 0.281 e. The Morgan fingerprint density at radius 3 is 2.66 bits per heavy atom. The van der Waals surface area contributed by atoms with Crippen molar-refractivity contribution in [2.45, 2.75) is 26.2 Å². The number of halogens is 2. The summed E-state index contributed by atoms with van der Waals surface area (Å²) in [6.07, 6.45) is 1.04. The van der Waals surface area contributed by atoms with Gasteiger partial charge in [0.2, 0.25) is 0 Å². The van der Waals surface area contributed by atoms with Crippen molar-refractivity contribution in [1.82, 2.24) is 10.9 Å². The quantitative estimate of drug-likeness (QED) is 0.433. The number of fused-ring (bicyclic) bond motifs is 1. The van der Waals surface area contributed by atoms with Crippen LogP contribution in [0.4, 0.5) is 0 Å². The first-order chi connectivity index (χ1) is 13.9. The van der Waals surface area contributed by atoms with Crippen molar-refractivity contribution < 1.29 is 14.3 Å².